The summed E-state index contributed by atoms with van der Waals surface area (Å²) < 4.78 is 12.7. The number of carbonyl (C=O) groups excluding carboxylic acids is 1. The van der Waals surface area contributed by atoms with Gasteiger partial charge < -0.3 is 14.4 Å². The lowest BCUT2D eigenvalue weighted by molar-refractivity contribution is -0.133. The summed E-state index contributed by atoms with van der Waals surface area (Å²) in [7, 11) is 3.28. The van der Waals surface area contributed by atoms with Gasteiger partial charge in [-0.3, -0.25) is 9.48 Å². The molecule has 1 saturated heterocycles. The molecule has 1 aromatic heterocycles. The molecule has 2 heterocycles. The number of amides is 1. The number of halogens is 1. The average molecular weight is 406 g/mol. The van der Waals surface area contributed by atoms with Gasteiger partial charge in [0.25, 0.3) is 0 Å². The van der Waals surface area contributed by atoms with Gasteiger partial charge in [-0.2, -0.15) is 5.10 Å². The van der Waals surface area contributed by atoms with Crippen LogP contribution in [0.2, 0.25) is 5.02 Å². The van der Waals surface area contributed by atoms with Gasteiger partial charge in [-0.15, -0.1) is 0 Å². The number of methoxy groups -OCH3 is 2. The highest BCUT2D eigenvalue weighted by molar-refractivity contribution is 6.31. The molecule has 7 heteroatoms. The van der Waals surface area contributed by atoms with Crippen molar-refractivity contribution in [2.24, 2.45) is 0 Å². The number of carbonyl (C=O) groups is 1. The van der Waals surface area contributed by atoms with Crippen molar-refractivity contribution in [2.45, 2.75) is 52.1 Å². The SMILES string of the molecule is COc1ccc([C@H]2CCCN2C(=O)C[C@H](C)n2nc(C)c(Cl)c2C)c(OC)c1. The maximum atomic E-state index is 13.1. The Hall–Kier alpha value is -2.21. The van der Waals surface area contributed by atoms with Crippen LogP contribution >= 0.6 is 11.6 Å². The van der Waals surface area contributed by atoms with E-state index in [1.807, 2.05) is 48.6 Å². The predicted octanol–water partition coefficient (Wildman–Crippen LogP) is 4.49. The summed E-state index contributed by atoms with van der Waals surface area (Å²) in [6.07, 6.45) is 2.29. The Morgan fingerprint density at radius 2 is 2.07 bits per heavy atom. The first kappa shape index (κ1) is 20.5. The van der Waals surface area contributed by atoms with Crippen molar-refractivity contribution in [3.63, 3.8) is 0 Å². The van der Waals surface area contributed by atoms with Gasteiger partial charge in [-0.25, -0.2) is 0 Å². The van der Waals surface area contributed by atoms with Crippen LogP contribution < -0.4 is 9.47 Å². The van der Waals surface area contributed by atoms with Crippen LogP contribution in [0.25, 0.3) is 0 Å². The minimum Gasteiger partial charge on any atom is -0.497 e. The monoisotopic (exact) mass is 405 g/mol. The van der Waals surface area contributed by atoms with E-state index < -0.39 is 0 Å². The third-order valence-electron chi connectivity index (χ3n) is 5.50. The van der Waals surface area contributed by atoms with Gasteiger partial charge in [0.15, 0.2) is 0 Å². The summed E-state index contributed by atoms with van der Waals surface area (Å²) in [6, 6.07) is 5.75. The topological polar surface area (TPSA) is 56.6 Å². The number of aromatic nitrogens is 2. The van der Waals surface area contributed by atoms with Crippen molar-refractivity contribution >= 4 is 17.5 Å². The fourth-order valence-electron chi connectivity index (χ4n) is 4.01. The maximum Gasteiger partial charge on any atom is 0.225 e. The first-order valence-corrected chi connectivity index (χ1v) is 9.97. The normalized spacial score (nSPS) is 17.6. The molecule has 2 atom stereocenters. The van der Waals surface area contributed by atoms with Crippen LogP contribution in [0.5, 0.6) is 11.5 Å². The first-order valence-electron chi connectivity index (χ1n) is 9.60. The molecule has 1 fully saturated rings. The molecule has 1 aliphatic heterocycles. The molecule has 0 N–H and O–H groups in total. The number of hydrogen-bond acceptors (Lipinski definition) is 4. The van der Waals surface area contributed by atoms with E-state index in [1.54, 1.807) is 14.2 Å². The zero-order valence-electron chi connectivity index (χ0n) is 17.2. The number of aryl methyl sites for hydroxylation is 1. The number of ether oxygens (including phenoxy) is 2. The van der Waals surface area contributed by atoms with Crippen molar-refractivity contribution in [2.75, 3.05) is 20.8 Å². The van der Waals surface area contributed by atoms with Gasteiger partial charge in [-0.05, 0) is 45.7 Å². The zero-order valence-corrected chi connectivity index (χ0v) is 17.9. The Morgan fingerprint density at radius 3 is 2.68 bits per heavy atom. The molecule has 0 radical (unpaired) electrons. The van der Waals surface area contributed by atoms with Crippen LogP contribution in [-0.2, 0) is 4.79 Å². The molecule has 0 saturated carbocycles. The van der Waals surface area contributed by atoms with E-state index in [0.717, 1.165) is 47.8 Å². The first-order chi connectivity index (χ1) is 13.4. The fraction of sp³-hybridized carbons (Fsp3) is 0.524. The minimum absolute atomic E-state index is 0.0181. The molecule has 3 rings (SSSR count). The van der Waals surface area contributed by atoms with E-state index >= 15 is 0 Å². The van der Waals surface area contributed by atoms with E-state index in [2.05, 4.69) is 5.10 Å². The third kappa shape index (κ3) is 3.83. The van der Waals surface area contributed by atoms with Crippen LogP contribution in [0.4, 0.5) is 0 Å². The molecule has 152 valence electrons. The molecule has 0 spiro atoms. The van der Waals surface area contributed by atoms with E-state index in [4.69, 9.17) is 21.1 Å². The molecule has 0 bridgehead atoms. The Morgan fingerprint density at radius 1 is 1.32 bits per heavy atom. The second-order valence-electron chi connectivity index (χ2n) is 7.34. The molecule has 6 nitrogen and oxygen atoms in total. The molecule has 1 aromatic carbocycles. The molecule has 0 aliphatic carbocycles. The summed E-state index contributed by atoms with van der Waals surface area (Å²) >= 11 is 6.26. The smallest absolute Gasteiger partial charge is 0.225 e. The Kier molecular flexibility index (Phi) is 6.18. The minimum atomic E-state index is -0.0577. The summed E-state index contributed by atoms with van der Waals surface area (Å²) in [5.41, 5.74) is 2.71. The number of likely N-dealkylation sites (tertiary alicyclic amines) is 1. The van der Waals surface area contributed by atoms with E-state index in [0.29, 0.717) is 11.4 Å². The Balaban J connectivity index is 1.79. The van der Waals surface area contributed by atoms with Gasteiger partial charge in [-0.1, -0.05) is 11.6 Å². The fourth-order valence-corrected chi connectivity index (χ4v) is 4.14. The lowest BCUT2D eigenvalue weighted by Gasteiger charge is -2.28. The number of nitrogens with zero attached hydrogens (tertiary/aromatic N) is 3. The highest BCUT2D eigenvalue weighted by Crippen LogP contribution is 2.39. The van der Waals surface area contributed by atoms with Crippen molar-refractivity contribution in [3.05, 3.63) is 40.2 Å². The van der Waals surface area contributed by atoms with Crippen molar-refractivity contribution in [3.8, 4) is 11.5 Å². The highest BCUT2D eigenvalue weighted by atomic mass is 35.5. The van der Waals surface area contributed by atoms with Gasteiger partial charge >= 0.3 is 0 Å². The molecule has 1 aliphatic rings. The van der Waals surface area contributed by atoms with Crippen LogP contribution in [-0.4, -0.2) is 41.4 Å². The molecular formula is C21H28ClN3O3. The van der Waals surface area contributed by atoms with E-state index in [-0.39, 0.29) is 18.0 Å². The molecular weight excluding hydrogens is 378 g/mol. The second kappa shape index (κ2) is 8.43. The summed E-state index contributed by atoms with van der Waals surface area (Å²) in [5.74, 6) is 1.62. The predicted molar refractivity (Wildman–Crippen MR) is 109 cm³/mol. The third-order valence-corrected chi connectivity index (χ3v) is 6.04. The zero-order chi connectivity index (χ0) is 20.4. The van der Waals surface area contributed by atoms with Crippen LogP contribution in [0.15, 0.2) is 18.2 Å². The van der Waals surface area contributed by atoms with Gasteiger partial charge in [0.2, 0.25) is 5.91 Å². The number of rotatable bonds is 6. The molecule has 28 heavy (non-hydrogen) atoms. The van der Waals surface area contributed by atoms with Crippen LogP contribution in [0.3, 0.4) is 0 Å². The largest absolute Gasteiger partial charge is 0.497 e. The van der Waals surface area contributed by atoms with Crippen molar-refractivity contribution in [1.29, 1.82) is 0 Å². The van der Waals surface area contributed by atoms with Crippen LogP contribution in [0.1, 0.15) is 55.2 Å². The highest BCUT2D eigenvalue weighted by Gasteiger charge is 2.33. The Labute approximate surface area is 171 Å². The summed E-state index contributed by atoms with van der Waals surface area (Å²) in [5, 5.41) is 5.16. The number of hydrogen-bond donors (Lipinski definition) is 0. The lowest BCUT2D eigenvalue weighted by atomic mass is 10.0. The quantitative estimate of drug-likeness (QED) is 0.710. The van der Waals surface area contributed by atoms with Gasteiger partial charge in [0.05, 0.1) is 42.7 Å². The standard InChI is InChI=1S/C21H28ClN3O3/c1-13(25-15(3)21(22)14(2)23-25)11-20(26)24-10-6-7-18(24)17-9-8-16(27-4)12-19(17)28-5/h8-9,12-13,18H,6-7,10-11H2,1-5H3/t13-,18+/m0/s1. The summed E-state index contributed by atoms with van der Waals surface area (Å²) in [4.78, 5) is 15.1. The number of benzene rings is 1. The Bertz CT molecular complexity index is 865. The van der Waals surface area contributed by atoms with E-state index in [9.17, 15) is 4.79 Å². The second-order valence-corrected chi connectivity index (χ2v) is 7.71. The average Bonchev–Trinajstić information content (AvgIpc) is 3.28. The lowest BCUT2D eigenvalue weighted by Crippen LogP contribution is -2.32. The van der Waals surface area contributed by atoms with Gasteiger partial charge in [0.1, 0.15) is 11.5 Å². The maximum absolute atomic E-state index is 13.1. The molecule has 0 unspecified atom stereocenters. The molecule has 2 aromatic rings. The van der Waals surface area contributed by atoms with Crippen molar-refractivity contribution in [1.82, 2.24) is 14.7 Å². The van der Waals surface area contributed by atoms with Gasteiger partial charge in [0, 0.05) is 24.6 Å². The molecule has 1 amide bonds. The summed E-state index contributed by atoms with van der Waals surface area (Å²) in [6.45, 7) is 6.58. The van der Waals surface area contributed by atoms with Crippen LogP contribution in [0, 0.1) is 13.8 Å². The van der Waals surface area contributed by atoms with E-state index in [1.165, 1.54) is 0 Å². The van der Waals surface area contributed by atoms with Crippen molar-refractivity contribution < 1.29 is 14.3 Å².